The zero-order valence-electron chi connectivity index (χ0n) is 16.9. The molecular formula is C22H27IN4O2S. The van der Waals surface area contributed by atoms with Gasteiger partial charge in [0, 0.05) is 37.0 Å². The summed E-state index contributed by atoms with van der Waals surface area (Å²) in [6.45, 7) is 2.09. The first kappa shape index (κ1) is 23.9. The minimum Gasteiger partial charge on any atom is -0.469 e. The third-order valence-corrected chi connectivity index (χ3v) is 5.20. The van der Waals surface area contributed by atoms with E-state index in [2.05, 4.69) is 32.4 Å². The predicted octanol–water partition coefficient (Wildman–Crippen LogP) is 3.84. The van der Waals surface area contributed by atoms with Crippen LogP contribution in [-0.2, 0) is 19.4 Å². The summed E-state index contributed by atoms with van der Waals surface area (Å²) in [6, 6.07) is 15.7. The molecule has 3 rings (SSSR count). The lowest BCUT2D eigenvalue weighted by molar-refractivity contribution is 0.0963. The van der Waals surface area contributed by atoms with Crippen LogP contribution >= 0.6 is 35.3 Å². The van der Waals surface area contributed by atoms with Crippen LogP contribution in [0, 0.1) is 0 Å². The van der Waals surface area contributed by atoms with E-state index in [0.29, 0.717) is 18.7 Å². The maximum absolute atomic E-state index is 11.8. The number of guanidine groups is 1. The number of halogens is 1. The number of carbonyl (C=O) groups is 1. The van der Waals surface area contributed by atoms with Gasteiger partial charge in [0.25, 0.3) is 5.91 Å². The van der Waals surface area contributed by atoms with Crippen LogP contribution in [0.3, 0.4) is 0 Å². The highest BCUT2D eigenvalue weighted by Crippen LogP contribution is 2.09. The number of carbonyl (C=O) groups excluding carboxylic acids is 1. The van der Waals surface area contributed by atoms with E-state index >= 15 is 0 Å². The van der Waals surface area contributed by atoms with Crippen molar-refractivity contribution in [3.05, 3.63) is 81.9 Å². The van der Waals surface area contributed by atoms with E-state index in [1.54, 1.807) is 24.6 Å². The van der Waals surface area contributed by atoms with Crippen LogP contribution in [0.25, 0.3) is 0 Å². The van der Waals surface area contributed by atoms with Crippen molar-refractivity contribution in [1.82, 2.24) is 16.0 Å². The minimum atomic E-state index is -0.0717. The van der Waals surface area contributed by atoms with Crippen LogP contribution in [-0.4, -0.2) is 32.0 Å². The second-order valence-corrected chi connectivity index (χ2v) is 7.49. The van der Waals surface area contributed by atoms with Crippen LogP contribution < -0.4 is 16.0 Å². The summed E-state index contributed by atoms with van der Waals surface area (Å²) in [5, 5.41) is 11.5. The Morgan fingerprint density at radius 1 is 1.07 bits per heavy atom. The van der Waals surface area contributed by atoms with E-state index in [1.165, 1.54) is 4.88 Å². The van der Waals surface area contributed by atoms with Gasteiger partial charge in [-0.15, -0.1) is 35.3 Å². The SMILES string of the molecule is CNC(=O)c1cccc(CCNC(=NCc2cccs2)NCCc2ccco2)c1.I. The molecule has 8 heteroatoms. The predicted molar refractivity (Wildman–Crippen MR) is 133 cm³/mol. The summed E-state index contributed by atoms with van der Waals surface area (Å²) in [5.74, 6) is 1.64. The van der Waals surface area contributed by atoms with Crippen LogP contribution in [0.2, 0.25) is 0 Å². The van der Waals surface area contributed by atoms with Crippen LogP contribution in [0.5, 0.6) is 0 Å². The number of benzene rings is 1. The topological polar surface area (TPSA) is 78.7 Å². The summed E-state index contributed by atoms with van der Waals surface area (Å²) in [4.78, 5) is 17.7. The molecule has 0 aliphatic carbocycles. The van der Waals surface area contributed by atoms with Crippen molar-refractivity contribution >= 4 is 47.2 Å². The first-order chi connectivity index (χ1) is 14.2. The highest BCUT2D eigenvalue weighted by atomic mass is 127. The molecule has 0 saturated heterocycles. The molecule has 0 fully saturated rings. The fraction of sp³-hybridized carbons (Fsp3) is 0.273. The van der Waals surface area contributed by atoms with E-state index in [-0.39, 0.29) is 29.9 Å². The number of furan rings is 1. The van der Waals surface area contributed by atoms with Crippen molar-refractivity contribution in [1.29, 1.82) is 0 Å². The Labute approximate surface area is 198 Å². The normalized spacial score (nSPS) is 10.9. The molecule has 3 N–H and O–H groups in total. The molecule has 2 aromatic heterocycles. The van der Waals surface area contributed by atoms with Crippen LogP contribution in [0.4, 0.5) is 0 Å². The molecule has 0 atom stereocenters. The van der Waals surface area contributed by atoms with Crippen molar-refractivity contribution in [3.63, 3.8) is 0 Å². The number of thiophene rings is 1. The van der Waals surface area contributed by atoms with Crippen molar-refractivity contribution < 1.29 is 9.21 Å². The zero-order chi connectivity index (χ0) is 20.3. The first-order valence-electron chi connectivity index (χ1n) is 9.62. The van der Waals surface area contributed by atoms with Crippen LogP contribution in [0.15, 0.2) is 69.6 Å². The molecule has 0 unspecified atom stereocenters. The molecule has 0 bridgehead atoms. The van der Waals surface area contributed by atoms with Gasteiger partial charge in [-0.2, -0.15) is 0 Å². The highest BCUT2D eigenvalue weighted by Gasteiger charge is 2.05. The number of nitrogens with zero attached hydrogens (tertiary/aromatic N) is 1. The third-order valence-electron chi connectivity index (χ3n) is 4.34. The fourth-order valence-corrected chi connectivity index (χ4v) is 3.46. The largest absolute Gasteiger partial charge is 0.469 e. The zero-order valence-corrected chi connectivity index (χ0v) is 20.0. The average molecular weight is 538 g/mol. The molecule has 0 radical (unpaired) electrons. The van der Waals surface area contributed by atoms with Gasteiger partial charge < -0.3 is 20.4 Å². The van der Waals surface area contributed by atoms with Gasteiger partial charge in [-0.3, -0.25) is 4.79 Å². The second kappa shape index (κ2) is 13.1. The van der Waals surface area contributed by atoms with Gasteiger partial charge in [0.2, 0.25) is 0 Å². The molecular weight excluding hydrogens is 511 g/mol. The molecule has 160 valence electrons. The molecule has 2 heterocycles. The number of amides is 1. The summed E-state index contributed by atoms with van der Waals surface area (Å²) < 4.78 is 5.38. The van der Waals surface area contributed by atoms with Crippen molar-refractivity contribution in [2.24, 2.45) is 4.99 Å². The Balaban J connectivity index is 0.00000320. The van der Waals surface area contributed by atoms with E-state index in [1.807, 2.05) is 42.5 Å². The molecule has 6 nitrogen and oxygen atoms in total. The van der Waals surface area contributed by atoms with Crippen molar-refractivity contribution in [2.75, 3.05) is 20.1 Å². The number of nitrogens with one attached hydrogen (secondary N) is 3. The lowest BCUT2D eigenvalue weighted by Gasteiger charge is -2.12. The van der Waals surface area contributed by atoms with E-state index < -0.39 is 0 Å². The van der Waals surface area contributed by atoms with Gasteiger partial charge in [-0.05, 0) is 47.7 Å². The van der Waals surface area contributed by atoms with Crippen LogP contribution in [0.1, 0.15) is 26.6 Å². The molecule has 30 heavy (non-hydrogen) atoms. The van der Waals surface area contributed by atoms with Gasteiger partial charge in [-0.25, -0.2) is 4.99 Å². The summed E-state index contributed by atoms with van der Waals surface area (Å²) in [7, 11) is 1.64. The van der Waals surface area contributed by atoms with E-state index in [0.717, 1.165) is 36.7 Å². The molecule has 0 spiro atoms. The van der Waals surface area contributed by atoms with Gasteiger partial charge in [0.15, 0.2) is 5.96 Å². The number of hydrogen-bond donors (Lipinski definition) is 3. The fourth-order valence-electron chi connectivity index (χ4n) is 2.83. The van der Waals surface area contributed by atoms with Crippen molar-refractivity contribution in [2.45, 2.75) is 19.4 Å². The molecule has 1 aromatic carbocycles. The minimum absolute atomic E-state index is 0. The summed E-state index contributed by atoms with van der Waals surface area (Å²) in [6.07, 6.45) is 3.27. The maximum Gasteiger partial charge on any atom is 0.251 e. The monoisotopic (exact) mass is 538 g/mol. The lowest BCUT2D eigenvalue weighted by Crippen LogP contribution is -2.39. The summed E-state index contributed by atoms with van der Waals surface area (Å²) in [5.41, 5.74) is 1.78. The second-order valence-electron chi connectivity index (χ2n) is 6.46. The molecule has 0 aliphatic heterocycles. The first-order valence-corrected chi connectivity index (χ1v) is 10.5. The molecule has 0 aliphatic rings. The average Bonchev–Trinajstić information content (AvgIpc) is 3.45. The van der Waals surface area contributed by atoms with Gasteiger partial charge in [0.05, 0.1) is 12.8 Å². The smallest absolute Gasteiger partial charge is 0.251 e. The van der Waals surface area contributed by atoms with Gasteiger partial charge in [0.1, 0.15) is 5.76 Å². The molecule has 3 aromatic rings. The van der Waals surface area contributed by atoms with Gasteiger partial charge >= 0.3 is 0 Å². The Bertz CT molecular complexity index is 911. The van der Waals surface area contributed by atoms with E-state index in [9.17, 15) is 4.79 Å². The molecule has 1 amide bonds. The van der Waals surface area contributed by atoms with Crippen molar-refractivity contribution in [3.8, 4) is 0 Å². The maximum atomic E-state index is 11.8. The quantitative estimate of drug-likeness (QED) is 0.220. The Kier molecular flexibility index (Phi) is 10.4. The Hall–Kier alpha value is -2.33. The highest BCUT2D eigenvalue weighted by molar-refractivity contribution is 14.0. The van der Waals surface area contributed by atoms with Gasteiger partial charge in [-0.1, -0.05) is 18.2 Å². The number of hydrogen-bond acceptors (Lipinski definition) is 4. The standard InChI is InChI=1S/C22H26N4O2S.HI/c1-23-21(27)18-6-2-5-17(15-18)9-11-24-22(26-16-20-8-4-14-29-20)25-12-10-19-7-3-13-28-19;/h2-8,13-15H,9-12,16H2,1H3,(H,23,27)(H2,24,25,26);1H. The third kappa shape index (κ3) is 7.83. The summed E-state index contributed by atoms with van der Waals surface area (Å²) >= 11 is 1.70. The number of aliphatic imine (C=N–C) groups is 1. The lowest BCUT2D eigenvalue weighted by atomic mass is 10.1. The number of rotatable bonds is 9. The van der Waals surface area contributed by atoms with E-state index in [4.69, 9.17) is 4.42 Å². The Morgan fingerprint density at radius 3 is 2.60 bits per heavy atom. The Morgan fingerprint density at radius 2 is 1.90 bits per heavy atom. The molecule has 0 saturated carbocycles.